The van der Waals surface area contributed by atoms with Crippen LogP contribution in [0.4, 0.5) is 0 Å². The van der Waals surface area contributed by atoms with E-state index in [0.29, 0.717) is 44.7 Å². The first-order chi connectivity index (χ1) is 14.7. The van der Waals surface area contributed by atoms with E-state index < -0.39 is 11.8 Å². The summed E-state index contributed by atoms with van der Waals surface area (Å²) in [6, 6.07) is 0. The zero-order chi connectivity index (χ0) is 21.8. The molecule has 0 aromatic heterocycles. The van der Waals surface area contributed by atoms with Crippen molar-refractivity contribution in [2.24, 2.45) is 23.7 Å². The Morgan fingerprint density at radius 1 is 0.871 bits per heavy atom. The summed E-state index contributed by atoms with van der Waals surface area (Å²) < 4.78 is 28.6. The predicted octanol–water partition coefficient (Wildman–Crippen LogP) is 3.03. The lowest BCUT2D eigenvalue weighted by atomic mass is 9.79. The summed E-state index contributed by atoms with van der Waals surface area (Å²) in [6.07, 6.45) is 6.53. The highest BCUT2D eigenvalue weighted by atomic mass is 16.6. The van der Waals surface area contributed by atoms with Gasteiger partial charge < -0.3 is 23.7 Å². The monoisotopic (exact) mass is 436 g/mol. The molecule has 7 heteroatoms. The fourth-order valence-corrected chi connectivity index (χ4v) is 5.61. The zero-order valence-electron chi connectivity index (χ0n) is 19.0. The van der Waals surface area contributed by atoms with Crippen molar-refractivity contribution in [2.45, 2.75) is 95.2 Å². The van der Waals surface area contributed by atoms with Gasteiger partial charge >= 0.3 is 11.9 Å². The van der Waals surface area contributed by atoms with Crippen LogP contribution in [0.15, 0.2) is 0 Å². The van der Waals surface area contributed by atoms with E-state index in [0.717, 1.165) is 32.1 Å². The quantitative estimate of drug-likeness (QED) is 0.467. The third-order valence-electron chi connectivity index (χ3n) is 8.17. The van der Waals surface area contributed by atoms with Crippen LogP contribution in [0.5, 0.6) is 0 Å². The van der Waals surface area contributed by atoms with Crippen LogP contribution in [-0.4, -0.2) is 61.3 Å². The maximum absolute atomic E-state index is 12.9. The lowest BCUT2D eigenvalue weighted by Gasteiger charge is -2.35. The van der Waals surface area contributed by atoms with Gasteiger partial charge in [0.05, 0.1) is 61.2 Å². The molecule has 5 rings (SSSR count). The second-order valence-electron chi connectivity index (χ2n) is 11.2. The molecule has 0 aromatic rings. The van der Waals surface area contributed by atoms with Crippen molar-refractivity contribution in [3.63, 3.8) is 0 Å². The Morgan fingerprint density at radius 2 is 1.48 bits per heavy atom. The Bertz CT molecular complexity index is 711. The molecule has 0 amide bonds. The molecule has 2 aliphatic carbocycles. The zero-order valence-corrected chi connectivity index (χ0v) is 19.0. The van der Waals surface area contributed by atoms with Gasteiger partial charge in [-0.05, 0) is 71.6 Å². The van der Waals surface area contributed by atoms with E-state index in [4.69, 9.17) is 23.7 Å². The molecular formula is C24H36O7. The minimum Gasteiger partial charge on any atom is -0.465 e. The van der Waals surface area contributed by atoms with E-state index in [1.165, 1.54) is 0 Å². The van der Waals surface area contributed by atoms with Gasteiger partial charge in [-0.2, -0.15) is 0 Å². The highest BCUT2D eigenvalue weighted by Crippen LogP contribution is 2.49. The van der Waals surface area contributed by atoms with Crippen LogP contribution in [0.3, 0.4) is 0 Å². The van der Waals surface area contributed by atoms with Gasteiger partial charge in [0.2, 0.25) is 0 Å². The van der Waals surface area contributed by atoms with Crippen molar-refractivity contribution >= 4 is 11.9 Å². The van der Waals surface area contributed by atoms with Crippen LogP contribution in [0, 0.1) is 23.7 Å². The third-order valence-corrected chi connectivity index (χ3v) is 8.17. The average molecular weight is 437 g/mol. The molecular weight excluding hydrogens is 400 g/mol. The van der Waals surface area contributed by atoms with Gasteiger partial charge in [0.15, 0.2) is 0 Å². The number of carbonyl (C=O) groups excluding carboxylic acids is 2. The summed E-state index contributed by atoms with van der Waals surface area (Å²) in [5.41, 5.74) is -0.0319. The number of carbonyl (C=O) groups is 2. The van der Waals surface area contributed by atoms with E-state index in [2.05, 4.69) is 20.8 Å². The summed E-state index contributed by atoms with van der Waals surface area (Å²) in [7, 11) is 0. The first kappa shape index (κ1) is 21.7. The van der Waals surface area contributed by atoms with Crippen LogP contribution < -0.4 is 0 Å². The number of fused-ring (bicyclic) bond motifs is 2. The van der Waals surface area contributed by atoms with Crippen molar-refractivity contribution < 1.29 is 33.3 Å². The van der Waals surface area contributed by atoms with Crippen molar-refractivity contribution in [3.05, 3.63) is 0 Å². The minimum absolute atomic E-state index is 0.0657. The third kappa shape index (κ3) is 4.79. The molecule has 3 heterocycles. The van der Waals surface area contributed by atoms with Crippen LogP contribution in [0.2, 0.25) is 0 Å². The molecule has 8 unspecified atom stereocenters. The molecule has 0 N–H and O–H groups in total. The van der Waals surface area contributed by atoms with Crippen molar-refractivity contribution in [3.8, 4) is 0 Å². The number of rotatable bonds is 6. The maximum Gasteiger partial charge on any atom is 0.309 e. The van der Waals surface area contributed by atoms with Gasteiger partial charge in [-0.15, -0.1) is 0 Å². The standard InChI is InChI=1S/C24H36O7/c1-23(2)6-4-15(13-29-23)12-28-22(26)17-10-19-18(30-19)9-16(17)21(25)27-11-14-5-7-24(3)20(8-14)31-24/h14-20H,4-13H2,1-3H3. The molecule has 0 bridgehead atoms. The summed E-state index contributed by atoms with van der Waals surface area (Å²) in [5, 5.41) is 0. The van der Waals surface area contributed by atoms with Gasteiger partial charge in [-0.1, -0.05) is 0 Å². The van der Waals surface area contributed by atoms with Gasteiger partial charge in [0, 0.05) is 5.92 Å². The Hall–Kier alpha value is -1.18. The SMILES string of the molecule is CC1(C)CCC(COC(=O)C2CC3OC3CC2C(=O)OCC2CCC3(C)OC3C2)CO1. The number of epoxide rings is 2. The molecule has 0 aromatic carbocycles. The van der Waals surface area contributed by atoms with E-state index in [1.807, 2.05) is 0 Å². The second-order valence-corrected chi connectivity index (χ2v) is 11.2. The first-order valence-corrected chi connectivity index (χ1v) is 12.0. The van der Waals surface area contributed by atoms with E-state index in [1.54, 1.807) is 0 Å². The molecule has 174 valence electrons. The number of ether oxygens (including phenoxy) is 5. The van der Waals surface area contributed by atoms with Gasteiger partial charge in [-0.25, -0.2) is 0 Å². The van der Waals surface area contributed by atoms with Crippen LogP contribution in [0.1, 0.15) is 65.7 Å². The lowest BCUT2D eigenvalue weighted by molar-refractivity contribution is -0.165. The molecule has 31 heavy (non-hydrogen) atoms. The van der Waals surface area contributed by atoms with E-state index in [9.17, 15) is 9.59 Å². The van der Waals surface area contributed by atoms with Crippen LogP contribution >= 0.6 is 0 Å². The number of hydrogen-bond donors (Lipinski definition) is 0. The summed E-state index contributed by atoms with van der Waals surface area (Å²) in [6.45, 7) is 7.70. The lowest BCUT2D eigenvalue weighted by Crippen LogP contribution is -2.40. The maximum atomic E-state index is 12.9. The van der Waals surface area contributed by atoms with Gasteiger partial charge in [0.25, 0.3) is 0 Å². The number of esters is 2. The molecule has 3 aliphatic heterocycles. The Kier molecular flexibility index (Phi) is 5.58. The van der Waals surface area contributed by atoms with Gasteiger partial charge in [-0.3, -0.25) is 9.59 Å². The van der Waals surface area contributed by atoms with Gasteiger partial charge in [0.1, 0.15) is 0 Å². The minimum atomic E-state index is -0.474. The normalized spacial score (nSPS) is 45.1. The van der Waals surface area contributed by atoms with Crippen molar-refractivity contribution in [1.82, 2.24) is 0 Å². The van der Waals surface area contributed by atoms with E-state index >= 15 is 0 Å². The molecule has 0 radical (unpaired) electrons. The van der Waals surface area contributed by atoms with Crippen LogP contribution in [0.25, 0.3) is 0 Å². The predicted molar refractivity (Wildman–Crippen MR) is 110 cm³/mol. The molecule has 5 fully saturated rings. The van der Waals surface area contributed by atoms with E-state index in [-0.39, 0.29) is 41.3 Å². The highest BCUT2D eigenvalue weighted by Gasteiger charge is 2.56. The summed E-state index contributed by atoms with van der Waals surface area (Å²) >= 11 is 0. The number of hydrogen-bond acceptors (Lipinski definition) is 7. The first-order valence-electron chi connectivity index (χ1n) is 12.0. The fourth-order valence-electron chi connectivity index (χ4n) is 5.61. The second kappa shape index (κ2) is 7.99. The molecule has 2 saturated carbocycles. The smallest absolute Gasteiger partial charge is 0.309 e. The van der Waals surface area contributed by atoms with Crippen molar-refractivity contribution in [2.75, 3.05) is 19.8 Å². The topological polar surface area (TPSA) is 86.9 Å². The highest BCUT2D eigenvalue weighted by molar-refractivity contribution is 5.82. The summed E-state index contributed by atoms with van der Waals surface area (Å²) in [5.74, 6) is -0.941. The molecule has 5 aliphatic rings. The average Bonchev–Trinajstić information content (AvgIpc) is 3.64. The molecule has 7 nitrogen and oxygen atoms in total. The van der Waals surface area contributed by atoms with Crippen molar-refractivity contribution in [1.29, 1.82) is 0 Å². The van der Waals surface area contributed by atoms with Crippen LogP contribution in [-0.2, 0) is 33.3 Å². The largest absolute Gasteiger partial charge is 0.465 e. The molecule has 8 atom stereocenters. The fraction of sp³-hybridized carbons (Fsp3) is 0.917. The Balaban J connectivity index is 1.11. The Morgan fingerprint density at radius 3 is 2.06 bits per heavy atom. The summed E-state index contributed by atoms with van der Waals surface area (Å²) in [4.78, 5) is 25.8. The molecule has 3 saturated heterocycles. The molecule has 0 spiro atoms. The Labute approximate surface area is 184 Å².